The fourth-order valence-corrected chi connectivity index (χ4v) is 4.26. The minimum absolute atomic E-state index is 0.172. The van der Waals surface area contributed by atoms with Gasteiger partial charge in [-0.3, -0.25) is 4.79 Å². The maximum Gasteiger partial charge on any atom is 0.240 e. The molecule has 2 N–H and O–H groups in total. The van der Waals surface area contributed by atoms with E-state index in [1.54, 1.807) is 12.1 Å². The number of rotatable bonds is 6. The van der Waals surface area contributed by atoms with Crippen molar-refractivity contribution in [3.05, 3.63) is 59.8 Å². The van der Waals surface area contributed by atoms with E-state index < -0.39 is 10.0 Å². The zero-order chi connectivity index (χ0) is 19.6. The average molecular weight is 385 g/mol. The second-order valence-electron chi connectivity index (χ2n) is 6.49. The highest BCUT2D eigenvalue weighted by Gasteiger charge is 2.15. The van der Waals surface area contributed by atoms with Crippen molar-refractivity contribution >= 4 is 32.5 Å². The van der Waals surface area contributed by atoms with Gasteiger partial charge in [0.05, 0.1) is 4.90 Å². The number of carbonyl (C=O) groups is 1. The lowest BCUT2D eigenvalue weighted by Gasteiger charge is -2.08. The number of hydrogen-bond donors (Lipinski definition) is 2. The number of benzene rings is 2. The Bertz CT molecular complexity index is 1080. The smallest absolute Gasteiger partial charge is 0.240 e. The van der Waals surface area contributed by atoms with Crippen LogP contribution >= 0.6 is 0 Å². The summed E-state index contributed by atoms with van der Waals surface area (Å²) in [6, 6.07) is 14.2. The zero-order valence-corrected chi connectivity index (χ0v) is 16.4. The van der Waals surface area contributed by atoms with Crippen LogP contribution in [0.25, 0.3) is 10.9 Å². The lowest BCUT2D eigenvalue weighted by Crippen LogP contribution is -2.26. The Morgan fingerprint density at radius 2 is 1.74 bits per heavy atom. The molecule has 0 saturated heterocycles. The summed E-state index contributed by atoms with van der Waals surface area (Å²) in [6.07, 6.45) is 0.608. The van der Waals surface area contributed by atoms with Crippen LogP contribution in [0.2, 0.25) is 0 Å². The lowest BCUT2D eigenvalue weighted by atomic mass is 10.1. The van der Waals surface area contributed by atoms with Crippen molar-refractivity contribution in [2.75, 3.05) is 11.9 Å². The minimum atomic E-state index is -3.60. The summed E-state index contributed by atoms with van der Waals surface area (Å²) in [5, 5.41) is 3.77. The van der Waals surface area contributed by atoms with Crippen LogP contribution in [0.3, 0.4) is 0 Å². The monoisotopic (exact) mass is 385 g/mol. The molecule has 0 fully saturated rings. The van der Waals surface area contributed by atoms with Crippen molar-refractivity contribution in [2.24, 2.45) is 7.05 Å². The number of nitrogens with zero attached hydrogens (tertiary/aromatic N) is 1. The van der Waals surface area contributed by atoms with E-state index in [-0.39, 0.29) is 10.8 Å². The van der Waals surface area contributed by atoms with Crippen molar-refractivity contribution in [3.8, 4) is 0 Å². The van der Waals surface area contributed by atoms with E-state index >= 15 is 0 Å². The molecule has 7 heteroatoms. The Morgan fingerprint density at radius 1 is 1.07 bits per heavy atom. The van der Waals surface area contributed by atoms with E-state index in [4.69, 9.17) is 0 Å². The molecule has 3 rings (SSSR count). The van der Waals surface area contributed by atoms with Gasteiger partial charge in [-0.05, 0) is 49.2 Å². The summed E-state index contributed by atoms with van der Waals surface area (Å²) in [5.74, 6) is -0.200. The van der Waals surface area contributed by atoms with E-state index in [9.17, 15) is 13.2 Å². The number of para-hydroxylation sites is 1. The molecule has 0 spiro atoms. The van der Waals surface area contributed by atoms with E-state index in [0.717, 1.165) is 22.2 Å². The molecule has 0 atom stereocenters. The highest BCUT2D eigenvalue weighted by Crippen LogP contribution is 2.25. The molecule has 1 heterocycles. The zero-order valence-electron chi connectivity index (χ0n) is 15.6. The quantitative estimate of drug-likeness (QED) is 0.685. The maximum atomic E-state index is 12.5. The van der Waals surface area contributed by atoms with Gasteiger partial charge in [-0.1, -0.05) is 18.2 Å². The summed E-state index contributed by atoms with van der Waals surface area (Å²) >= 11 is 0. The Balaban J connectivity index is 1.71. The van der Waals surface area contributed by atoms with Gasteiger partial charge in [-0.15, -0.1) is 0 Å². The molecule has 0 radical (unpaired) electrons. The predicted molar refractivity (Wildman–Crippen MR) is 107 cm³/mol. The fraction of sp³-hybridized carbons (Fsp3) is 0.250. The Morgan fingerprint density at radius 3 is 2.41 bits per heavy atom. The van der Waals surface area contributed by atoms with Gasteiger partial charge in [-0.25, -0.2) is 13.1 Å². The van der Waals surface area contributed by atoms with Crippen LogP contribution in [-0.2, 0) is 28.3 Å². The molecule has 142 valence electrons. The first-order chi connectivity index (χ1) is 12.8. The van der Waals surface area contributed by atoms with Gasteiger partial charge in [0, 0.05) is 42.8 Å². The highest BCUT2D eigenvalue weighted by molar-refractivity contribution is 7.89. The van der Waals surface area contributed by atoms with Crippen molar-refractivity contribution in [3.63, 3.8) is 0 Å². The normalized spacial score (nSPS) is 11.7. The molecule has 6 nitrogen and oxygen atoms in total. The van der Waals surface area contributed by atoms with Crippen LogP contribution in [0.5, 0.6) is 0 Å². The van der Waals surface area contributed by atoms with E-state index in [0.29, 0.717) is 18.7 Å². The first-order valence-electron chi connectivity index (χ1n) is 8.70. The molecular weight excluding hydrogens is 362 g/mol. The third-order valence-electron chi connectivity index (χ3n) is 4.68. The number of fused-ring (bicyclic) bond motifs is 1. The van der Waals surface area contributed by atoms with Gasteiger partial charge in [0.25, 0.3) is 0 Å². The third-order valence-corrected chi connectivity index (χ3v) is 6.16. The van der Waals surface area contributed by atoms with E-state index in [1.165, 1.54) is 19.1 Å². The molecule has 0 saturated carbocycles. The Kier molecular flexibility index (Phi) is 5.34. The van der Waals surface area contributed by atoms with Gasteiger partial charge >= 0.3 is 0 Å². The molecule has 1 aromatic heterocycles. The van der Waals surface area contributed by atoms with Gasteiger partial charge < -0.3 is 9.88 Å². The van der Waals surface area contributed by atoms with Crippen LogP contribution in [-0.4, -0.2) is 25.4 Å². The first kappa shape index (κ1) is 19.1. The minimum Gasteiger partial charge on any atom is -0.348 e. The van der Waals surface area contributed by atoms with Crippen LogP contribution in [0.4, 0.5) is 5.69 Å². The SMILES string of the molecule is CC(=O)Nc1ccc(S(=O)(=O)NCCc2c(C)n(C)c3ccccc23)cc1. The van der Waals surface area contributed by atoms with Crippen LogP contribution in [0.1, 0.15) is 18.2 Å². The molecule has 2 aromatic carbocycles. The molecule has 0 aliphatic carbocycles. The second kappa shape index (κ2) is 7.54. The van der Waals surface area contributed by atoms with Gasteiger partial charge in [0.2, 0.25) is 15.9 Å². The van der Waals surface area contributed by atoms with Gasteiger partial charge in [0.1, 0.15) is 0 Å². The number of anilines is 1. The third kappa shape index (κ3) is 4.04. The molecule has 0 aliphatic heterocycles. The molecular formula is C20H23N3O3S. The molecule has 3 aromatic rings. The molecule has 0 aliphatic rings. The summed E-state index contributed by atoms with van der Waals surface area (Å²) in [4.78, 5) is 11.2. The molecule has 27 heavy (non-hydrogen) atoms. The molecule has 0 bridgehead atoms. The van der Waals surface area contributed by atoms with Gasteiger partial charge in [0.15, 0.2) is 0 Å². The summed E-state index contributed by atoms with van der Waals surface area (Å²) in [7, 11) is -1.59. The predicted octanol–water partition coefficient (Wildman–Crippen LogP) is 2.97. The fourth-order valence-electron chi connectivity index (χ4n) is 3.23. The van der Waals surface area contributed by atoms with E-state index in [2.05, 4.69) is 26.7 Å². The van der Waals surface area contributed by atoms with Gasteiger partial charge in [-0.2, -0.15) is 0 Å². The number of nitrogens with one attached hydrogen (secondary N) is 2. The standard InChI is InChI=1S/C20H23N3O3S/c1-14-18(19-6-4-5-7-20(19)23(14)3)12-13-21-27(25,26)17-10-8-16(9-11-17)22-15(2)24/h4-11,21H,12-13H2,1-3H3,(H,22,24). The largest absolute Gasteiger partial charge is 0.348 e. The molecule has 0 unspecified atom stereocenters. The van der Waals surface area contributed by atoms with Crippen LogP contribution in [0, 0.1) is 6.92 Å². The topological polar surface area (TPSA) is 80.2 Å². The van der Waals surface area contributed by atoms with E-state index in [1.807, 2.05) is 26.1 Å². The van der Waals surface area contributed by atoms with Crippen LogP contribution in [0.15, 0.2) is 53.4 Å². The summed E-state index contributed by atoms with van der Waals surface area (Å²) < 4.78 is 29.8. The number of sulfonamides is 1. The maximum absolute atomic E-state index is 12.5. The van der Waals surface area contributed by atoms with Crippen LogP contribution < -0.4 is 10.0 Å². The lowest BCUT2D eigenvalue weighted by molar-refractivity contribution is -0.114. The average Bonchev–Trinajstić information content (AvgIpc) is 2.87. The number of hydrogen-bond acceptors (Lipinski definition) is 3. The van der Waals surface area contributed by atoms with Crippen molar-refractivity contribution in [2.45, 2.75) is 25.2 Å². The number of carbonyl (C=O) groups excluding carboxylic acids is 1. The van der Waals surface area contributed by atoms with Crippen molar-refractivity contribution < 1.29 is 13.2 Å². The number of aryl methyl sites for hydroxylation is 1. The van der Waals surface area contributed by atoms with Crippen molar-refractivity contribution in [1.82, 2.24) is 9.29 Å². The Hall–Kier alpha value is -2.64. The second-order valence-corrected chi connectivity index (χ2v) is 8.26. The Labute approximate surface area is 159 Å². The number of aromatic nitrogens is 1. The first-order valence-corrected chi connectivity index (χ1v) is 10.2. The summed E-state index contributed by atoms with van der Waals surface area (Å²) in [5.41, 5.74) is 3.99. The molecule has 1 amide bonds. The summed E-state index contributed by atoms with van der Waals surface area (Å²) in [6.45, 7) is 3.76. The van der Waals surface area contributed by atoms with Crippen molar-refractivity contribution in [1.29, 1.82) is 0 Å². The highest BCUT2D eigenvalue weighted by atomic mass is 32.2. The number of amides is 1.